The van der Waals surface area contributed by atoms with Gasteiger partial charge in [-0.15, -0.1) is 5.48 Å². The van der Waals surface area contributed by atoms with Crippen LogP contribution in [0.4, 0.5) is 0 Å². The lowest BCUT2D eigenvalue weighted by molar-refractivity contribution is 0.153. The highest BCUT2D eigenvalue weighted by atomic mass is 16.7. The summed E-state index contributed by atoms with van der Waals surface area (Å²) in [5.74, 6) is 8.27. The number of nitrogens with zero attached hydrogens (tertiary/aromatic N) is 3. The van der Waals surface area contributed by atoms with Gasteiger partial charge in [0.05, 0.1) is 42.4 Å². The van der Waals surface area contributed by atoms with Crippen LogP contribution in [-0.4, -0.2) is 42.3 Å². The van der Waals surface area contributed by atoms with Gasteiger partial charge in [-0.1, -0.05) is 18.6 Å². The van der Waals surface area contributed by atoms with Crippen LogP contribution in [0.1, 0.15) is 55.5 Å². The van der Waals surface area contributed by atoms with Crippen LogP contribution in [0.5, 0.6) is 11.5 Å². The van der Waals surface area contributed by atoms with Crippen molar-refractivity contribution in [3.05, 3.63) is 59.0 Å². The predicted octanol–water partition coefficient (Wildman–Crippen LogP) is 3.44. The Balaban J connectivity index is 1.46. The zero-order valence-corrected chi connectivity index (χ0v) is 20.8. The number of hydrogen-bond acceptors (Lipinski definition) is 9. The summed E-state index contributed by atoms with van der Waals surface area (Å²) < 4.78 is 11.5. The molecule has 1 saturated carbocycles. The summed E-state index contributed by atoms with van der Waals surface area (Å²) in [6.07, 6.45) is 6.98. The van der Waals surface area contributed by atoms with Crippen LogP contribution in [0.25, 0.3) is 5.70 Å². The van der Waals surface area contributed by atoms with Gasteiger partial charge in [-0.25, -0.2) is 15.8 Å². The Kier molecular flexibility index (Phi) is 8.09. The van der Waals surface area contributed by atoms with Gasteiger partial charge >= 0.3 is 0 Å². The van der Waals surface area contributed by atoms with E-state index < -0.39 is 0 Å². The summed E-state index contributed by atoms with van der Waals surface area (Å²) >= 11 is 0. The van der Waals surface area contributed by atoms with Crippen molar-refractivity contribution in [3.63, 3.8) is 0 Å². The van der Waals surface area contributed by atoms with E-state index in [1.165, 1.54) is 24.3 Å². The molecule has 1 aromatic heterocycles. The highest BCUT2D eigenvalue weighted by Gasteiger charge is 2.23. The Labute approximate surface area is 207 Å². The molecule has 5 N–H and O–H groups in total. The number of benzene rings is 1. The fraction of sp³-hybridized carbons (Fsp3) is 0.462. The van der Waals surface area contributed by atoms with E-state index in [2.05, 4.69) is 10.5 Å². The molecule has 0 amide bonds. The van der Waals surface area contributed by atoms with E-state index in [1.54, 1.807) is 14.2 Å². The minimum Gasteiger partial charge on any atom is -0.497 e. The molecule has 188 valence electrons. The van der Waals surface area contributed by atoms with E-state index >= 15 is 0 Å². The molecule has 2 heterocycles. The van der Waals surface area contributed by atoms with E-state index in [0.717, 1.165) is 35.6 Å². The number of rotatable bonds is 9. The van der Waals surface area contributed by atoms with Gasteiger partial charge in [0.2, 0.25) is 5.90 Å². The number of pyridine rings is 1. The molecule has 1 aliphatic carbocycles. The SMILES string of the molecule is COc1cccc(CC2N=C(C/C(=C(/N)c3ccc(OC4CCCCC4)c(C)n3)N(C)N)ON2)c1. The number of aromatic nitrogens is 1. The van der Waals surface area contributed by atoms with E-state index in [4.69, 9.17) is 30.9 Å². The van der Waals surface area contributed by atoms with Gasteiger partial charge in [0.25, 0.3) is 0 Å². The molecule has 1 fully saturated rings. The second kappa shape index (κ2) is 11.4. The summed E-state index contributed by atoms with van der Waals surface area (Å²) in [4.78, 5) is 15.0. The fourth-order valence-electron chi connectivity index (χ4n) is 4.44. The number of hydroxylamine groups is 1. The summed E-state index contributed by atoms with van der Waals surface area (Å²) in [7, 11) is 3.40. The number of nitrogens with one attached hydrogen (secondary N) is 1. The third-order valence-corrected chi connectivity index (χ3v) is 6.39. The minimum absolute atomic E-state index is 0.209. The quantitative estimate of drug-likeness (QED) is 0.369. The first-order valence-corrected chi connectivity index (χ1v) is 12.2. The lowest BCUT2D eigenvalue weighted by atomic mass is 9.98. The average Bonchev–Trinajstić information content (AvgIpc) is 3.30. The summed E-state index contributed by atoms with van der Waals surface area (Å²) in [6, 6.07) is 11.7. The number of nitrogens with two attached hydrogens (primary N) is 2. The first kappa shape index (κ1) is 24.8. The molecule has 0 saturated heterocycles. The van der Waals surface area contributed by atoms with Gasteiger partial charge in [0.15, 0.2) is 0 Å². The molecule has 0 spiro atoms. The molecule has 1 unspecified atom stereocenters. The molecule has 0 bridgehead atoms. The maximum Gasteiger partial charge on any atom is 0.217 e. The third-order valence-electron chi connectivity index (χ3n) is 6.39. The van der Waals surface area contributed by atoms with Gasteiger partial charge in [-0.3, -0.25) is 0 Å². The van der Waals surface area contributed by atoms with E-state index in [0.29, 0.717) is 35.8 Å². The van der Waals surface area contributed by atoms with Crippen LogP contribution in [0.15, 0.2) is 47.1 Å². The minimum atomic E-state index is -0.209. The molecule has 9 heteroatoms. The molecule has 2 aliphatic rings. The first-order valence-electron chi connectivity index (χ1n) is 12.2. The maximum absolute atomic E-state index is 6.52. The maximum atomic E-state index is 6.52. The van der Waals surface area contributed by atoms with E-state index in [9.17, 15) is 0 Å². The summed E-state index contributed by atoms with van der Waals surface area (Å²) in [5.41, 5.74) is 13.2. The smallest absolute Gasteiger partial charge is 0.217 e. The Morgan fingerprint density at radius 2 is 2.00 bits per heavy atom. The molecule has 35 heavy (non-hydrogen) atoms. The van der Waals surface area contributed by atoms with Gasteiger partial charge in [0, 0.05) is 13.5 Å². The monoisotopic (exact) mass is 480 g/mol. The van der Waals surface area contributed by atoms with Gasteiger partial charge in [-0.2, -0.15) is 0 Å². The van der Waals surface area contributed by atoms with Crippen molar-refractivity contribution >= 4 is 11.6 Å². The van der Waals surface area contributed by atoms with Crippen LogP contribution in [0, 0.1) is 6.92 Å². The second-order valence-corrected chi connectivity index (χ2v) is 9.12. The lowest BCUT2D eigenvalue weighted by Crippen LogP contribution is -2.30. The molecule has 1 aliphatic heterocycles. The normalized spacial score (nSPS) is 19.0. The Morgan fingerprint density at radius 3 is 2.71 bits per heavy atom. The molecule has 4 rings (SSSR count). The van der Waals surface area contributed by atoms with Crippen molar-refractivity contribution in [1.29, 1.82) is 0 Å². The topological polar surface area (TPSA) is 120 Å². The number of ether oxygens (including phenoxy) is 2. The van der Waals surface area contributed by atoms with Gasteiger partial charge in [0.1, 0.15) is 17.7 Å². The second-order valence-electron chi connectivity index (χ2n) is 9.12. The standard InChI is InChI=1S/C26H36N6O3/c1-17-23(34-19-9-5-4-6-10-19)13-12-21(29-17)26(27)22(32(2)28)16-25-30-24(31-35-25)15-18-8-7-11-20(14-18)33-3/h7-8,11-14,19,24,31H,4-6,9-10,15-16,27-28H2,1-3H3/b26-22-. The Hall–Kier alpha value is -3.30. The zero-order chi connectivity index (χ0) is 24.8. The largest absolute Gasteiger partial charge is 0.497 e. The first-order chi connectivity index (χ1) is 16.9. The number of aliphatic imine (C=N–C) groups is 1. The van der Waals surface area contributed by atoms with Crippen LogP contribution in [-0.2, 0) is 11.3 Å². The molecular formula is C26H36N6O3. The van der Waals surface area contributed by atoms with Crippen LogP contribution >= 0.6 is 0 Å². The van der Waals surface area contributed by atoms with E-state index in [-0.39, 0.29) is 12.3 Å². The lowest BCUT2D eigenvalue weighted by Gasteiger charge is -2.24. The summed E-state index contributed by atoms with van der Waals surface area (Å²) in [6.45, 7) is 1.94. The van der Waals surface area contributed by atoms with Crippen molar-refractivity contribution in [1.82, 2.24) is 15.5 Å². The van der Waals surface area contributed by atoms with Crippen LogP contribution < -0.4 is 26.5 Å². The average molecular weight is 481 g/mol. The predicted molar refractivity (Wildman–Crippen MR) is 136 cm³/mol. The molecule has 1 aromatic carbocycles. The van der Waals surface area contributed by atoms with Crippen molar-refractivity contribution in [2.45, 2.75) is 64.1 Å². The number of hydrogen-bond donors (Lipinski definition) is 3. The fourth-order valence-corrected chi connectivity index (χ4v) is 4.44. The van der Waals surface area contributed by atoms with Gasteiger partial charge < -0.3 is 25.1 Å². The molecule has 1 atom stereocenters. The number of aryl methyl sites for hydroxylation is 1. The Bertz CT molecular complexity index is 1080. The summed E-state index contributed by atoms with van der Waals surface area (Å²) in [5, 5.41) is 1.49. The molecular weight excluding hydrogens is 444 g/mol. The van der Waals surface area contributed by atoms with Crippen LogP contribution in [0.2, 0.25) is 0 Å². The molecule has 2 aromatic rings. The molecule has 0 radical (unpaired) electrons. The van der Waals surface area contributed by atoms with E-state index in [1.807, 2.05) is 43.3 Å². The van der Waals surface area contributed by atoms with Crippen molar-refractivity contribution < 1.29 is 14.3 Å². The third kappa shape index (κ3) is 6.43. The number of hydrazine groups is 1. The van der Waals surface area contributed by atoms with Crippen molar-refractivity contribution in [2.24, 2.45) is 16.6 Å². The number of methoxy groups -OCH3 is 1. The van der Waals surface area contributed by atoms with Gasteiger partial charge in [-0.05, 0) is 62.4 Å². The van der Waals surface area contributed by atoms with Crippen LogP contribution in [0.3, 0.4) is 0 Å². The highest BCUT2D eigenvalue weighted by molar-refractivity contribution is 5.82. The highest BCUT2D eigenvalue weighted by Crippen LogP contribution is 2.27. The Morgan fingerprint density at radius 1 is 1.20 bits per heavy atom. The zero-order valence-electron chi connectivity index (χ0n) is 20.8. The molecule has 9 nitrogen and oxygen atoms in total. The van der Waals surface area contributed by atoms with Crippen molar-refractivity contribution in [2.75, 3.05) is 14.2 Å². The van der Waals surface area contributed by atoms with Crippen molar-refractivity contribution in [3.8, 4) is 11.5 Å².